The lowest BCUT2D eigenvalue weighted by atomic mass is 9.90. The van der Waals surface area contributed by atoms with E-state index in [2.05, 4.69) is 19.2 Å². The second-order valence-corrected chi connectivity index (χ2v) is 3.56. The lowest BCUT2D eigenvalue weighted by Crippen LogP contribution is -2.50. The van der Waals surface area contributed by atoms with Gasteiger partial charge in [0.05, 0.1) is 0 Å². The van der Waals surface area contributed by atoms with Crippen LogP contribution in [-0.2, 0) is 0 Å². The molecule has 0 bridgehead atoms. The van der Waals surface area contributed by atoms with E-state index in [4.69, 9.17) is 5.73 Å². The maximum Gasteiger partial charge on any atom is 0.0139 e. The average molecular weight is 158 g/mol. The molecule has 1 atom stereocenters. The molecule has 1 unspecified atom stereocenters. The molecule has 0 aliphatic carbocycles. The fourth-order valence-electron chi connectivity index (χ4n) is 1.43. The summed E-state index contributed by atoms with van der Waals surface area (Å²) >= 11 is 0. The van der Waals surface area contributed by atoms with E-state index in [1.807, 2.05) is 13.8 Å². The van der Waals surface area contributed by atoms with Crippen LogP contribution in [0.4, 0.5) is 0 Å². The molecule has 1 aliphatic heterocycles. The SMILES string of the molecule is CC.CC1(C)CC(N)CCN1. The van der Waals surface area contributed by atoms with Gasteiger partial charge in [-0.1, -0.05) is 13.8 Å². The van der Waals surface area contributed by atoms with E-state index in [-0.39, 0.29) is 5.54 Å². The minimum absolute atomic E-state index is 0.275. The van der Waals surface area contributed by atoms with Gasteiger partial charge in [-0.3, -0.25) is 0 Å². The van der Waals surface area contributed by atoms with Crippen molar-refractivity contribution in [2.75, 3.05) is 6.54 Å². The largest absolute Gasteiger partial charge is 0.328 e. The van der Waals surface area contributed by atoms with Crippen molar-refractivity contribution >= 4 is 0 Å². The molecule has 1 aliphatic rings. The van der Waals surface area contributed by atoms with Crippen LogP contribution in [0.3, 0.4) is 0 Å². The molecule has 2 heteroatoms. The Morgan fingerprint density at radius 3 is 2.18 bits per heavy atom. The standard InChI is InChI=1S/C7H16N2.C2H6/c1-7(2)5-6(8)3-4-9-7;1-2/h6,9H,3-5,8H2,1-2H3;1-2H3. The number of nitrogens with one attached hydrogen (secondary N) is 1. The predicted octanol–water partition coefficient (Wildman–Crippen LogP) is 1.50. The first-order chi connectivity index (χ1) is 5.10. The summed E-state index contributed by atoms with van der Waals surface area (Å²) in [5, 5.41) is 3.41. The second-order valence-electron chi connectivity index (χ2n) is 3.56. The Labute approximate surface area is 70.5 Å². The van der Waals surface area contributed by atoms with Crippen molar-refractivity contribution in [2.45, 2.75) is 52.1 Å². The lowest BCUT2D eigenvalue weighted by Gasteiger charge is -2.34. The molecule has 0 aromatic rings. The molecule has 11 heavy (non-hydrogen) atoms. The molecule has 1 heterocycles. The molecule has 0 saturated carbocycles. The van der Waals surface area contributed by atoms with Gasteiger partial charge in [0.15, 0.2) is 0 Å². The molecule has 1 saturated heterocycles. The van der Waals surface area contributed by atoms with Gasteiger partial charge in [0.1, 0.15) is 0 Å². The molecule has 3 N–H and O–H groups in total. The molecular formula is C9H22N2. The first-order valence-corrected chi connectivity index (χ1v) is 4.61. The summed E-state index contributed by atoms with van der Waals surface area (Å²) in [5.41, 5.74) is 6.05. The fraction of sp³-hybridized carbons (Fsp3) is 1.00. The highest BCUT2D eigenvalue weighted by Gasteiger charge is 2.24. The number of hydrogen-bond donors (Lipinski definition) is 2. The van der Waals surface area contributed by atoms with Gasteiger partial charge < -0.3 is 11.1 Å². The van der Waals surface area contributed by atoms with E-state index in [9.17, 15) is 0 Å². The first-order valence-electron chi connectivity index (χ1n) is 4.61. The van der Waals surface area contributed by atoms with E-state index < -0.39 is 0 Å². The maximum absolute atomic E-state index is 5.77. The summed E-state index contributed by atoms with van der Waals surface area (Å²) in [6.07, 6.45) is 2.23. The van der Waals surface area contributed by atoms with Crippen LogP contribution in [-0.4, -0.2) is 18.1 Å². The quantitative estimate of drug-likeness (QED) is 0.560. The predicted molar refractivity (Wildman–Crippen MR) is 50.6 cm³/mol. The normalized spacial score (nSPS) is 28.6. The van der Waals surface area contributed by atoms with Crippen molar-refractivity contribution in [3.63, 3.8) is 0 Å². The molecule has 0 spiro atoms. The van der Waals surface area contributed by atoms with Crippen LogP contribution in [0.2, 0.25) is 0 Å². The third-order valence-corrected chi connectivity index (χ3v) is 1.89. The van der Waals surface area contributed by atoms with Crippen molar-refractivity contribution in [3.8, 4) is 0 Å². The highest BCUT2D eigenvalue weighted by atomic mass is 15.0. The minimum Gasteiger partial charge on any atom is -0.328 e. The van der Waals surface area contributed by atoms with Gasteiger partial charge in [0, 0.05) is 11.6 Å². The van der Waals surface area contributed by atoms with E-state index >= 15 is 0 Å². The van der Waals surface area contributed by atoms with Crippen molar-refractivity contribution in [1.82, 2.24) is 5.32 Å². The number of hydrogen-bond acceptors (Lipinski definition) is 2. The Bertz CT molecular complexity index is 99.7. The van der Waals surface area contributed by atoms with E-state index in [1.165, 1.54) is 0 Å². The third kappa shape index (κ3) is 4.38. The van der Waals surface area contributed by atoms with Crippen LogP contribution in [0.25, 0.3) is 0 Å². The van der Waals surface area contributed by atoms with Gasteiger partial charge in [0.2, 0.25) is 0 Å². The minimum atomic E-state index is 0.275. The van der Waals surface area contributed by atoms with Crippen LogP contribution in [0.15, 0.2) is 0 Å². The summed E-state index contributed by atoms with van der Waals surface area (Å²) in [6.45, 7) is 9.48. The zero-order valence-electron chi connectivity index (χ0n) is 8.28. The average Bonchev–Trinajstić information content (AvgIpc) is 1.89. The summed E-state index contributed by atoms with van der Waals surface area (Å²) in [6, 6.07) is 0.418. The lowest BCUT2D eigenvalue weighted by molar-refractivity contribution is 0.276. The van der Waals surface area contributed by atoms with Gasteiger partial charge in [-0.25, -0.2) is 0 Å². The Morgan fingerprint density at radius 1 is 1.36 bits per heavy atom. The summed E-state index contributed by atoms with van der Waals surface area (Å²) in [7, 11) is 0. The van der Waals surface area contributed by atoms with Crippen molar-refractivity contribution < 1.29 is 0 Å². The summed E-state index contributed by atoms with van der Waals surface area (Å²) in [5.74, 6) is 0. The highest BCUT2D eigenvalue weighted by molar-refractivity contribution is 4.87. The van der Waals surface area contributed by atoms with Gasteiger partial charge in [-0.15, -0.1) is 0 Å². The zero-order valence-corrected chi connectivity index (χ0v) is 8.28. The first kappa shape index (κ1) is 10.9. The van der Waals surface area contributed by atoms with E-state index in [0.29, 0.717) is 6.04 Å². The van der Waals surface area contributed by atoms with Gasteiger partial charge >= 0.3 is 0 Å². The number of piperidine rings is 1. The fourth-order valence-corrected chi connectivity index (χ4v) is 1.43. The van der Waals surface area contributed by atoms with Crippen molar-refractivity contribution in [1.29, 1.82) is 0 Å². The molecule has 2 nitrogen and oxygen atoms in total. The second kappa shape index (κ2) is 4.73. The van der Waals surface area contributed by atoms with Crippen LogP contribution in [0.1, 0.15) is 40.5 Å². The number of rotatable bonds is 0. The van der Waals surface area contributed by atoms with E-state index in [0.717, 1.165) is 19.4 Å². The van der Waals surface area contributed by atoms with Crippen molar-refractivity contribution in [3.05, 3.63) is 0 Å². The van der Waals surface area contributed by atoms with E-state index in [1.54, 1.807) is 0 Å². The van der Waals surface area contributed by atoms with Crippen LogP contribution in [0, 0.1) is 0 Å². The Hall–Kier alpha value is -0.0800. The Balaban J connectivity index is 0.000000461. The highest BCUT2D eigenvalue weighted by Crippen LogP contribution is 2.16. The molecular weight excluding hydrogens is 136 g/mol. The van der Waals surface area contributed by atoms with Crippen molar-refractivity contribution in [2.24, 2.45) is 5.73 Å². The molecule has 0 aromatic heterocycles. The molecule has 68 valence electrons. The Morgan fingerprint density at radius 2 is 1.91 bits per heavy atom. The van der Waals surface area contributed by atoms with Crippen LogP contribution < -0.4 is 11.1 Å². The van der Waals surface area contributed by atoms with Gasteiger partial charge in [-0.05, 0) is 33.2 Å². The smallest absolute Gasteiger partial charge is 0.0139 e. The van der Waals surface area contributed by atoms with Crippen LogP contribution >= 0.6 is 0 Å². The molecule has 1 rings (SSSR count). The van der Waals surface area contributed by atoms with Gasteiger partial charge in [-0.2, -0.15) is 0 Å². The summed E-state index contributed by atoms with van der Waals surface area (Å²) in [4.78, 5) is 0. The maximum atomic E-state index is 5.77. The molecule has 0 amide bonds. The number of nitrogens with two attached hydrogens (primary N) is 1. The molecule has 0 radical (unpaired) electrons. The third-order valence-electron chi connectivity index (χ3n) is 1.89. The summed E-state index contributed by atoms with van der Waals surface area (Å²) < 4.78 is 0. The topological polar surface area (TPSA) is 38.0 Å². The zero-order chi connectivity index (χ0) is 8.91. The Kier molecular flexibility index (Phi) is 4.69. The van der Waals surface area contributed by atoms with Gasteiger partial charge in [0.25, 0.3) is 0 Å². The molecule has 1 fully saturated rings. The molecule has 0 aromatic carbocycles. The van der Waals surface area contributed by atoms with Crippen LogP contribution in [0.5, 0.6) is 0 Å². The monoisotopic (exact) mass is 158 g/mol.